The molecule has 0 aliphatic heterocycles. The molecule has 5 heteroatoms. The molecule has 1 N–H and O–H groups in total. The molecule has 0 spiro atoms. The number of nitrogens with zero attached hydrogens (tertiary/aromatic N) is 1. The predicted octanol–water partition coefficient (Wildman–Crippen LogP) is 6.73. The summed E-state index contributed by atoms with van der Waals surface area (Å²) >= 11 is 6.03. The summed E-state index contributed by atoms with van der Waals surface area (Å²) in [5, 5.41) is 9.91. The summed E-state index contributed by atoms with van der Waals surface area (Å²) in [6, 6.07) is 21.6. The number of pyridine rings is 1. The second-order valence-electron chi connectivity index (χ2n) is 7.95. The van der Waals surface area contributed by atoms with Gasteiger partial charge in [-0.05, 0) is 62.4 Å². The van der Waals surface area contributed by atoms with Crippen LogP contribution in [0.15, 0.2) is 66.7 Å². The fraction of sp³-hybridized carbons (Fsp3) is 0.280. The Kier molecular flexibility index (Phi) is 7.11. The number of carbonyl (C=O) groups is 1. The van der Waals surface area contributed by atoms with Crippen molar-refractivity contribution in [3.63, 3.8) is 0 Å². The van der Waals surface area contributed by atoms with Crippen LogP contribution in [0.2, 0.25) is 5.02 Å². The van der Waals surface area contributed by atoms with E-state index in [0.717, 1.165) is 35.2 Å². The molecule has 156 valence electrons. The minimum Gasteiger partial charge on any atom is -0.481 e. The molecule has 0 unspecified atom stereocenters. The lowest BCUT2D eigenvalue weighted by atomic mass is 9.87. The van der Waals surface area contributed by atoms with Crippen molar-refractivity contribution in [2.24, 2.45) is 5.41 Å². The van der Waals surface area contributed by atoms with Crippen LogP contribution in [-0.2, 0) is 4.79 Å². The SMILES string of the molecule is CC(C)(CCCCOc1cc(-c2ccc(Cl)cc2)cc(-c2ccccc2)n1)C(=O)O. The summed E-state index contributed by atoms with van der Waals surface area (Å²) in [6.45, 7) is 3.99. The highest BCUT2D eigenvalue weighted by Gasteiger charge is 2.26. The van der Waals surface area contributed by atoms with Crippen LogP contribution in [0.25, 0.3) is 22.4 Å². The van der Waals surface area contributed by atoms with Crippen LogP contribution in [-0.4, -0.2) is 22.7 Å². The first kappa shape index (κ1) is 21.8. The van der Waals surface area contributed by atoms with E-state index in [2.05, 4.69) is 4.98 Å². The highest BCUT2D eigenvalue weighted by atomic mass is 35.5. The lowest BCUT2D eigenvalue weighted by molar-refractivity contribution is -0.147. The van der Waals surface area contributed by atoms with Crippen LogP contribution in [0.3, 0.4) is 0 Å². The fourth-order valence-electron chi connectivity index (χ4n) is 3.10. The molecule has 0 radical (unpaired) electrons. The van der Waals surface area contributed by atoms with Gasteiger partial charge in [-0.1, -0.05) is 54.1 Å². The maximum atomic E-state index is 11.2. The van der Waals surface area contributed by atoms with Crippen molar-refractivity contribution in [1.29, 1.82) is 0 Å². The first-order chi connectivity index (χ1) is 14.3. The zero-order valence-corrected chi connectivity index (χ0v) is 18.0. The van der Waals surface area contributed by atoms with Gasteiger partial charge >= 0.3 is 5.97 Å². The first-order valence-corrected chi connectivity index (χ1v) is 10.4. The second kappa shape index (κ2) is 9.77. The third kappa shape index (κ3) is 5.83. The van der Waals surface area contributed by atoms with Gasteiger partial charge in [-0.25, -0.2) is 4.98 Å². The summed E-state index contributed by atoms with van der Waals surface area (Å²) in [5.41, 5.74) is 3.17. The minimum absolute atomic E-state index is 0.487. The molecule has 0 aliphatic carbocycles. The number of aromatic nitrogens is 1. The van der Waals surface area contributed by atoms with Crippen molar-refractivity contribution in [3.8, 4) is 28.3 Å². The number of aliphatic carboxylic acids is 1. The third-order valence-corrected chi connectivity index (χ3v) is 5.33. The number of hydrogen-bond acceptors (Lipinski definition) is 3. The molecule has 0 aliphatic rings. The molecule has 0 bridgehead atoms. The summed E-state index contributed by atoms with van der Waals surface area (Å²) < 4.78 is 5.94. The van der Waals surface area contributed by atoms with Crippen molar-refractivity contribution in [2.45, 2.75) is 33.1 Å². The topological polar surface area (TPSA) is 59.4 Å². The molecule has 0 saturated heterocycles. The quantitative estimate of drug-likeness (QED) is 0.387. The van der Waals surface area contributed by atoms with E-state index < -0.39 is 11.4 Å². The molecule has 0 saturated carbocycles. The van der Waals surface area contributed by atoms with E-state index in [1.807, 2.05) is 66.7 Å². The molecule has 3 aromatic rings. The normalized spacial score (nSPS) is 11.3. The zero-order chi connectivity index (χ0) is 21.6. The van der Waals surface area contributed by atoms with Crippen molar-refractivity contribution >= 4 is 17.6 Å². The molecule has 1 heterocycles. The maximum absolute atomic E-state index is 11.2. The zero-order valence-electron chi connectivity index (χ0n) is 17.3. The summed E-state index contributed by atoms with van der Waals surface area (Å²) in [5.74, 6) is -0.216. The first-order valence-electron chi connectivity index (χ1n) is 10.0. The van der Waals surface area contributed by atoms with Crippen LogP contribution in [0.1, 0.15) is 33.1 Å². The number of rotatable bonds is 9. The Morgan fingerprint density at radius 1 is 0.967 bits per heavy atom. The van der Waals surface area contributed by atoms with E-state index in [4.69, 9.17) is 16.3 Å². The molecule has 1 aromatic heterocycles. The highest BCUT2D eigenvalue weighted by molar-refractivity contribution is 6.30. The molecule has 0 fully saturated rings. The average molecular weight is 424 g/mol. The Morgan fingerprint density at radius 2 is 1.67 bits per heavy atom. The smallest absolute Gasteiger partial charge is 0.309 e. The number of halogens is 1. The molecule has 4 nitrogen and oxygen atoms in total. The molecule has 3 rings (SSSR count). The Labute approximate surface area is 182 Å². The standard InChI is InChI=1S/C25H26ClNO3/c1-25(2,24(28)29)14-6-7-15-30-23-17-20(18-10-12-21(26)13-11-18)16-22(27-23)19-8-4-3-5-9-19/h3-5,8-13,16-17H,6-7,14-15H2,1-2H3,(H,28,29). The number of unbranched alkanes of at least 4 members (excludes halogenated alkanes) is 1. The molecule has 0 amide bonds. The molecule has 0 atom stereocenters. The van der Waals surface area contributed by atoms with Gasteiger partial charge in [0.05, 0.1) is 17.7 Å². The van der Waals surface area contributed by atoms with Crippen LogP contribution in [0.5, 0.6) is 5.88 Å². The van der Waals surface area contributed by atoms with Crippen LogP contribution >= 0.6 is 11.6 Å². The van der Waals surface area contributed by atoms with E-state index >= 15 is 0 Å². The van der Waals surface area contributed by atoms with Crippen molar-refractivity contribution in [3.05, 3.63) is 71.8 Å². The second-order valence-corrected chi connectivity index (χ2v) is 8.38. The molecular formula is C25H26ClNO3. The highest BCUT2D eigenvalue weighted by Crippen LogP contribution is 2.30. The van der Waals surface area contributed by atoms with E-state index in [0.29, 0.717) is 23.9 Å². The van der Waals surface area contributed by atoms with Gasteiger partial charge in [0.2, 0.25) is 5.88 Å². The van der Waals surface area contributed by atoms with Crippen molar-refractivity contribution < 1.29 is 14.6 Å². The summed E-state index contributed by atoms with van der Waals surface area (Å²) in [6.07, 6.45) is 2.16. The van der Waals surface area contributed by atoms with E-state index in [1.165, 1.54) is 0 Å². The Morgan fingerprint density at radius 3 is 2.33 bits per heavy atom. The van der Waals surface area contributed by atoms with Gasteiger partial charge in [0, 0.05) is 16.7 Å². The monoisotopic (exact) mass is 423 g/mol. The van der Waals surface area contributed by atoms with Gasteiger partial charge in [0.1, 0.15) is 0 Å². The van der Waals surface area contributed by atoms with E-state index in [1.54, 1.807) is 13.8 Å². The third-order valence-electron chi connectivity index (χ3n) is 5.07. The number of ether oxygens (including phenoxy) is 1. The fourth-order valence-corrected chi connectivity index (χ4v) is 3.22. The lowest BCUT2D eigenvalue weighted by Crippen LogP contribution is -2.23. The lowest BCUT2D eigenvalue weighted by Gasteiger charge is -2.18. The Bertz CT molecular complexity index is 985. The molecule has 2 aromatic carbocycles. The van der Waals surface area contributed by atoms with E-state index in [9.17, 15) is 9.90 Å². The van der Waals surface area contributed by atoms with Gasteiger partial charge < -0.3 is 9.84 Å². The largest absolute Gasteiger partial charge is 0.481 e. The number of carboxylic acids is 1. The van der Waals surface area contributed by atoms with Crippen LogP contribution < -0.4 is 4.74 Å². The predicted molar refractivity (Wildman–Crippen MR) is 121 cm³/mol. The Hall–Kier alpha value is -2.85. The van der Waals surface area contributed by atoms with Crippen LogP contribution in [0.4, 0.5) is 0 Å². The Balaban J connectivity index is 1.75. The number of carboxylic acid groups (broad SMARTS) is 1. The van der Waals surface area contributed by atoms with Crippen molar-refractivity contribution in [1.82, 2.24) is 4.98 Å². The molecular weight excluding hydrogens is 398 g/mol. The maximum Gasteiger partial charge on any atom is 0.309 e. The summed E-state index contributed by atoms with van der Waals surface area (Å²) in [4.78, 5) is 15.9. The van der Waals surface area contributed by atoms with Gasteiger partial charge in [0.25, 0.3) is 0 Å². The average Bonchev–Trinajstić information content (AvgIpc) is 2.74. The number of benzene rings is 2. The van der Waals surface area contributed by atoms with Gasteiger partial charge in [-0.15, -0.1) is 0 Å². The van der Waals surface area contributed by atoms with Gasteiger partial charge in [-0.2, -0.15) is 0 Å². The van der Waals surface area contributed by atoms with E-state index in [-0.39, 0.29) is 0 Å². The van der Waals surface area contributed by atoms with Crippen LogP contribution in [0, 0.1) is 5.41 Å². The van der Waals surface area contributed by atoms with Gasteiger partial charge in [-0.3, -0.25) is 4.79 Å². The minimum atomic E-state index is -0.770. The van der Waals surface area contributed by atoms with Gasteiger partial charge in [0.15, 0.2) is 0 Å². The van der Waals surface area contributed by atoms with Crippen molar-refractivity contribution in [2.75, 3.05) is 6.61 Å². The number of hydrogen-bond donors (Lipinski definition) is 1. The summed E-state index contributed by atoms with van der Waals surface area (Å²) in [7, 11) is 0. The molecule has 30 heavy (non-hydrogen) atoms.